The van der Waals surface area contributed by atoms with Gasteiger partial charge in [0.25, 0.3) is 5.91 Å². The summed E-state index contributed by atoms with van der Waals surface area (Å²) in [4.78, 5) is 26.1. The van der Waals surface area contributed by atoms with Crippen molar-refractivity contribution in [2.45, 2.75) is 26.8 Å². The highest BCUT2D eigenvalue weighted by atomic mass is 32.1. The van der Waals surface area contributed by atoms with Gasteiger partial charge in [-0.25, -0.2) is 15.0 Å². The average Bonchev–Trinajstić information content (AvgIpc) is 3.04. The molecule has 7 heteroatoms. The van der Waals surface area contributed by atoms with Crippen LogP contribution in [0.15, 0.2) is 36.7 Å². The molecule has 2 aromatic heterocycles. The first kappa shape index (κ1) is 18.0. The number of ether oxygens (including phenoxy) is 1. The Labute approximate surface area is 156 Å². The summed E-state index contributed by atoms with van der Waals surface area (Å²) in [6, 6.07) is 7.46. The van der Waals surface area contributed by atoms with Crippen LogP contribution in [0.4, 0.5) is 0 Å². The molecule has 1 amide bonds. The molecule has 3 aromatic rings. The van der Waals surface area contributed by atoms with Crippen LogP contribution < -0.4 is 10.1 Å². The van der Waals surface area contributed by atoms with Crippen molar-refractivity contribution in [2.24, 2.45) is 0 Å². The van der Waals surface area contributed by atoms with Crippen LogP contribution in [0, 0.1) is 13.8 Å². The lowest BCUT2D eigenvalue weighted by atomic mass is 10.0. The van der Waals surface area contributed by atoms with Gasteiger partial charge in [0.2, 0.25) is 0 Å². The van der Waals surface area contributed by atoms with Gasteiger partial charge in [-0.2, -0.15) is 0 Å². The van der Waals surface area contributed by atoms with E-state index in [1.54, 1.807) is 25.6 Å². The molecule has 134 valence electrons. The van der Waals surface area contributed by atoms with Gasteiger partial charge in [0.05, 0.1) is 18.8 Å². The minimum absolute atomic E-state index is 0.168. The number of aromatic nitrogens is 3. The van der Waals surface area contributed by atoms with Gasteiger partial charge < -0.3 is 10.1 Å². The van der Waals surface area contributed by atoms with Gasteiger partial charge >= 0.3 is 0 Å². The summed E-state index contributed by atoms with van der Waals surface area (Å²) in [5.74, 6) is 1.11. The Morgan fingerprint density at radius 2 is 1.96 bits per heavy atom. The number of hydrogen-bond donors (Lipinski definition) is 1. The lowest BCUT2D eigenvalue weighted by molar-refractivity contribution is 0.0943. The summed E-state index contributed by atoms with van der Waals surface area (Å²) in [5.41, 5.74) is 2.72. The lowest BCUT2D eigenvalue weighted by Crippen LogP contribution is -2.26. The molecule has 3 rings (SSSR count). The summed E-state index contributed by atoms with van der Waals surface area (Å²) in [7, 11) is 1.63. The highest BCUT2D eigenvalue weighted by Gasteiger charge is 2.20. The molecule has 26 heavy (non-hydrogen) atoms. The first-order chi connectivity index (χ1) is 12.5. The standard InChI is InChI=1S/C19H20N4O2S/c1-11-6-7-15(25-4)14(10-11)12(2)22-18(24)16-13(3)23-19(26-16)17-20-8-5-9-21-17/h5-10,12H,1-4H3,(H,22,24). The van der Waals surface area contributed by atoms with E-state index in [9.17, 15) is 4.79 Å². The van der Waals surface area contributed by atoms with Crippen molar-refractivity contribution in [2.75, 3.05) is 7.11 Å². The fraction of sp³-hybridized carbons (Fsp3) is 0.263. The van der Waals surface area contributed by atoms with Crippen molar-refractivity contribution >= 4 is 17.2 Å². The van der Waals surface area contributed by atoms with Gasteiger partial charge in [0.15, 0.2) is 10.8 Å². The number of methoxy groups -OCH3 is 1. The quantitative estimate of drug-likeness (QED) is 0.743. The van der Waals surface area contributed by atoms with E-state index in [-0.39, 0.29) is 11.9 Å². The minimum atomic E-state index is -0.199. The number of benzene rings is 1. The maximum atomic E-state index is 12.8. The zero-order valence-corrected chi connectivity index (χ0v) is 15.9. The van der Waals surface area contributed by atoms with Crippen LogP contribution in [0.25, 0.3) is 10.8 Å². The zero-order chi connectivity index (χ0) is 18.7. The predicted octanol–water partition coefficient (Wildman–Crippen LogP) is 3.72. The second kappa shape index (κ2) is 7.61. The second-order valence-electron chi connectivity index (χ2n) is 5.95. The van der Waals surface area contributed by atoms with Gasteiger partial charge in [-0.15, -0.1) is 11.3 Å². The van der Waals surface area contributed by atoms with Crippen LogP contribution in [-0.2, 0) is 0 Å². The van der Waals surface area contributed by atoms with Gasteiger partial charge in [-0.05, 0) is 32.9 Å². The Hall–Kier alpha value is -2.80. The molecule has 0 saturated carbocycles. The number of carbonyl (C=O) groups is 1. The molecule has 2 heterocycles. The van der Waals surface area contributed by atoms with Gasteiger partial charge in [-0.3, -0.25) is 4.79 Å². The molecular weight excluding hydrogens is 348 g/mol. The van der Waals surface area contributed by atoms with E-state index in [4.69, 9.17) is 4.74 Å². The molecule has 6 nitrogen and oxygen atoms in total. The number of thiazole rings is 1. The van der Waals surface area contributed by atoms with E-state index >= 15 is 0 Å². The van der Waals surface area contributed by atoms with Crippen LogP contribution in [0.1, 0.15) is 39.5 Å². The SMILES string of the molecule is COc1ccc(C)cc1C(C)NC(=O)c1sc(-c2ncccn2)nc1C. The van der Waals surface area contributed by atoms with E-state index in [0.29, 0.717) is 21.4 Å². The number of aryl methyl sites for hydroxylation is 2. The Morgan fingerprint density at radius 1 is 1.23 bits per heavy atom. The van der Waals surface area contributed by atoms with E-state index in [1.165, 1.54) is 11.3 Å². The molecule has 1 N–H and O–H groups in total. The van der Waals surface area contributed by atoms with Crippen LogP contribution in [-0.4, -0.2) is 28.0 Å². The van der Waals surface area contributed by atoms with Crippen molar-refractivity contribution in [1.82, 2.24) is 20.3 Å². The average molecular weight is 368 g/mol. The highest BCUT2D eigenvalue weighted by molar-refractivity contribution is 7.17. The van der Waals surface area contributed by atoms with Crippen molar-refractivity contribution in [3.05, 3.63) is 58.4 Å². The molecule has 0 aliphatic heterocycles. The number of nitrogens with zero attached hydrogens (tertiary/aromatic N) is 3. The van der Waals surface area contributed by atoms with Crippen LogP contribution in [0.5, 0.6) is 5.75 Å². The summed E-state index contributed by atoms with van der Waals surface area (Å²) in [6.45, 7) is 5.76. The van der Waals surface area contributed by atoms with E-state index in [2.05, 4.69) is 20.3 Å². The number of amides is 1. The number of rotatable bonds is 5. The summed E-state index contributed by atoms with van der Waals surface area (Å²) in [5, 5.41) is 3.66. The zero-order valence-electron chi connectivity index (χ0n) is 15.1. The van der Waals surface area contributed by atoms with Crippen LogP contribution in [0.2, 0.25) is 0 Å². The van der Waals surface area contributed by atoms with Crippen LogP contribution >= 0.6 is 11.3 Å². The third kappa shape index (κ3) is 3.72. The minimum Gasteiger partial charge on any atom is -0.496 e. The topological polar surface area (TPSA) is 77.0 Å². The van der Waals surface area contributed by atoms with Gasteiger partial charge in [-0.1, -0.05) is 17.7 Å². The first-order valence-corrected chi connectivity index (χ1v) is 9.01. The van der Waals surface area contributed by atoms with Crippen molar-refractivity contribution in [3.63, 3.8) is 0 Å². The molecule has 1 atom stereocenters. The Bertz CT molecular complexity index is 925. The molecule has 1 unspecified atom stereocenters. The molecule has 0 aliphatic carbocycles. The van der Waals surface area contributed by atoms with E-state index in [0.717, 1.165) is 16.9 Å². The third-order valence-corrected chi connectivity index (χ3v) is 5.11. The Balaban J connectivity index is 1.82. The fourth-order valence-electron chi connectivity index (χ4n) is 2.64. The normalized spacial score (nSPS) is 11.8. The molecule has 0 saturated heterocycles. The van der Waals surface area contributed by atoms with Crippen LogP contribution in [0.3, 0.4) is 0 Å². The summed E-state index contributed by atoms with van der Waals surface area (Å²) in [6.07, 6.45) is 3.32. The largest absolute Gasteiger partial charge is 0.496 e. The number of nitrogens with one attached hydrogen (secondary N) is 1. The number of carbonyl (C=O) groups excluding carboxylic acids is 1. The molecule has 0 aliphatic rings. The Kier molecular flexibility index (Phi) is 5.27. The van der Waals surface area contributed by atoms with E-state index < -0.39 is 0 Å². The first-order valence-electron chi connectivity index (χ1n) is 8.19. The van der Waals surface area contributed by atoms with Crippen molar-refractivity contribution in [3.8, 4) is 16.6 Å². The van der Waals surface area contributed by atoms with E-state index in [1.807, 2.05) is 39.0 Å². The smallest absolute Gasteiger partial charge is 0.263 e. The monoisotopic (exact) mass is 368 g/mol. The summed E-state index contributed by atoms with van der Waals surface area (Å²) >= 11 is 1.29. The lowest BCUT2D eigenvalue weighted by Gasteiger charge is -2.17. The molecular formula is C19H20N4O2S. The maximum absolute atomic E-state index is 12.8. The predicted molar refractivity (Wildman–Crippen MR) is 101 cm³/mol. The molecule has 0 radical (unpaired) electrons. The maximum Gasteiger partial charge on any atom is 0.263 e. The molecule has 1 aromatic carbocycles. The molecule has 0 bridgehead atoms. The Morgan fingerprint density at radius 3 is 2.65 bits per heavy atom. The van der Waals surface area contributed by atoms with Gasteiger partial charge in [0, 0.05) is 18.0 Å². The van der Waals surface area contributed by atoms with Crippen molar-refractivity contribution < 1.29 is 9.53 Å². The summed E-state index contributed by atoms with van der Waals surface area (Å²) < 4.78 is 5.42. The number of hydrogen-bond acceptors (Lipinski definition) is 6. The van der Waals surface area contributed by atoms with Gasteiger partial charge in [0.1, 0.15) is 10.6 Å². The fourth-order valence-corrected chi connectivity index (χ4v) is 3.56. The molecule has 0 fully saturated rings. The second-order valence-corrected chi connectivity index (χ2v) is 6.95. The molecule has 0 spiro atoms. The highest BCUT2D eigenvalue weighted by Crippen LogP contribution is 2.28. The third-order valence-electron chi connectivity index (χ3n) is 3.96. The van der Waals surface area contributed by atoms with Crippen molar-refractivity contribution in [1.29, 1.82) is 0 Å².